The fourth-order valence-corrected chi connectivity index (χ4v) is 2.25. The number of thioether (sulfide) groups is 1. The van der Waals surface area contributed by atoms with Gasteiger partial charge < -0.3 is 10.4 Å². The molecule has 17 heavy (non-hydrogen) atoms. The number of rotatable bonds is 7. The summed E-state index contributed by atoms with van der Waals surface area (Å²) in [5.41, 5.74) is 0. The molecule has 1 aliphatic rings. The first kappa shape index (κ1) is 12.3. The molecular formula is C11H15N3O2S. The zero-order valence-electron chi connectivity index (χ0n) is 9.37. The molecule has 1 unspecified atom stereocenters. The first-order valence-corrected chi connectivity index (χ1v) is 6.63. The van der Waals surface area contributed by atoms with Crippen LogP contribution in [0.2, 0.25) is 0 Å². The molecule has 1 atom stereocenters. The third-order valence-corrected chi connectivity index (χ3v) is 3.40. The van der Waals surface area contributed by atoms with Crippen LogP contribution in [0.25, 0.3) is 0 Å². The van der Waals surface area contributed by atoms with E-state index in [1.54, 1.807) is 18.5 Å². The summed E-state index contributed by atoms with van der Waals surface area (Å²) in [5.74, 6) is -0.0627. The Bertz CT molecular complexity index is 370. The van der Waals surface area contributed by atoms with Gasteiger partial charge in [-0.1, -0.05) is 11.8 Å². The minimum absolute atomic E-state index is 0.411. The molecular weight excluding hydrogens is 238 g/mol. The SMILES string of the molecule is O=C(O)C(CCSc1ncccn1)NC1CC1. The van der Waals surface area contributed by atoms with E-state index in [1.807, 2.05) is 0 Å². The predicted molar refractivity (Wildman–Crippen MR) is 65.0 cm³/mol. The first-order valence-electron chi connectivity index (χ1n) is 5.64. The largest absolute Gasteiger partial charge is 0.480 e. The second kappa shape index (κ2) is 5.97. The van der Waals surface area contributed by atoms with Gasteiger partial charge in [0, 0.05) is 24.2 Å². The van der Waals surface area contributed by atoms with Crippen molar-refractivity contribution in [3.05, 3.63) is 18.5 Å². The van der Waals surface area contributed by atoms with Crippen LogP contribution in [0.1, 0.15) is 19.3 Å². The van der Waals surface area contributed by atoms with E-state index >= 15 is 0 Å². The van der Waals surface area contributed by atoms with Gasteiger partial charge in [-0.2, -0.15) is 0 Å². The fraction of sp³-hybridized carbons (Fsp3) is 0.545. The lowest BCUT2D eigenvalue weighted by Crippen LogP contribution is -2.38. The zero-order chi connectivity index (χ0) is 12.1. The van der Waals surface area contributed by atoms with Crippen molar-refractivity contribution < 1.29 is 9.90 Å². The van der Waals surface area contributed by atoms with E-state index in [0.717, 1.165) is 12.8 Å². The molecule has 5 nitrogen and oxygen atoms in total. The summed E-state index contributed by atoms with van der Waals surface area (Å²) in [5, 5.41) is 12.9. The van der Waals surface area contributed by atoms with E-state index in [9.17, 15) is 4.79 Å². The highest BCUT2D eigenvalue weighted by atomic mass is 32.2. The highest BCUT2D eigenvalue weighted by molar-refractivity contribution is 7.99. The van der Waals surface area contributed by atoms with E-state index in [-0.39, 0.29) is 0 Å². The van der Waals surface area contributed by atoms with Crippen molar-refractivity contribution in [1.29, 1.82) is 0 Å². The Kier molecular flexibility index (Phi) is 4.33. The quantitative estimate of drug-likeness (QED) is 0.561. The number of hydrogen-bond acceptors (Lipinski definition) is 5. The van der Waals surface area contributed by atoms with Crippen LogP contribution >= 0.6 is 11.8 Å². The summed E-state index contributed by atoms with van der Waals surface area (Å²) in [4.78, 5) is 19.2. The average Bonchev–Trinajstić information content (AvgIpc) is 3.13. The number of nitrogens with zero attached hydrogens (tertiary/aromatic N) is 2. The maximum Gasteiger partial charge on any atom is 0.320 e. The summed E-state index contributed by atoms with van der Waals surface area (Å²) < 4.78 is 0. The molecule has 2 N–H and O–H groups in total. The minimum Gasteiger partial charge on any atom is -0.480 e. The monoisotopic (exact) mass is 253 g/mol. The molecule has 0 aromatic carbocycles. The van der Waals surface area contributed by atoms with Crippen molar-refractivity contribution in [3.63, 3.8) is 0 Å². The number of carboxylic acid groups (broad SMARTS) is 1. The van der Waals surface area contributed by atoms with Crippen LogP contribution < -0.4 is 5.32 Å². The van der Waals surface area contributed by atoms with Gasteiger partial charge in [0.1, 0.15) is 6.04 Å². The fourth-order valence-electron chi connectivity index (χ4n) is 1.44. The molecule has 0 radical (unpaired) electrons. The van der Waals surface area contributed by atoms with Crippen LogP contribution in [0, 0.1) is 0 Å². The topological polar surface area (TPSA) is 75.1 Å². The van der Waals surface area contributed by atoms with Crippen molar-refractivity contribution in [2.75, 3.05) is 5.75 Å². The Hall–Kier alpha value is -1.14. The molecule has 92 valence electrons. The van der Waals surface area contributed by atoms with Crippen LogP contribution in [0.15, 0.2) is 23.6 Å². The minimum atomic E-state index is -0.772. The average molecular weight is 253 g/mol. The number of carbonyl (C=O) groups is 1. The molecule has 0 aliphatic heterocycles. The lowest BCUT2D eigenvalue weighted by atomic mass is 10.2. The zero-order valence-corrected chi connectivity index (χ0v) is 10.2. The third kappa shape index (κ3) is 4.32. The van der Waals surface area contributed by atoms with Crippen LogP contribution in [-0.4, -0.2) is 38.9 Å². The van der Waals surface area contributed by atoms with E-state index in [1.165, 1.54) is 11.8 Å². The summed E-state index contributed by atoms with van der Waals surface area (Å²) in [7, 11) is 0. The molecule has 1 aromatic rings. The van der Waals surface area contributed by atoms with Crippen LogP contribution in [0.5, 0.6) is 0 Å². The molecule has 2 rings (SSSR count). The Balaban J connectivity index is 1.73. The number of aromatic nitrogens is 2. The van der Waals surface area contributed by atoms with E-state index in [0.29, 0.717) is 23.4 Å². The summed E-state index contributed by atoms with van der Waals surface area (Å²) >= 11 is 1.49. The van der Waals surface area contributed by atoms with Gasteiger partial charge in [0.05, 0.1) is 0 Å². The molecule has 0 bridgehead atoms. The van der Waals surface area contributed by atoms with E-state index in [4.69, 9.17) is 5.11 Å². The number of nitrogens with one attached hydrogen (secondary N) is 1. The lowest BCUT2D eigenvalue weighted by molar-refractivity contribution is -0.139. The molecule has 0 amide bonds. The molecule has 1 saturated carbocycles. The summed E-state index contributed by atoms with van der Waals surface area (Å²) in [6.07, 6.45) is 6.16. The molecule has 1 heterocycles. The second-order valence-corrected chi connectivity index (χ2v) is 5.06. The lowest BCUT2D eigenvalue weighted by Gasteiger charge is -2.12. The Morgan fingerprint density at radius 2 is 2.24 bits per heavy atom. The van der Waals surface area contributed by atoms with Gasteiger partial charge in [0.25, 0.3) is 0 Å². The van der Waals surface area contributed by atoms with Gasteiger partial charge in [0.2, 0.25) is 0 Å². The maximum absolute atomic E-state index is 11.0. The molecule has 1 aromatic heterocycles. The normalized spacial score (nSPS) is 16.7. The predicted octanol–water partition coefficient (Wildman–Crippen LogP) is 1.16. The smallest absolute Gasteiger partial charge is 0.320 e. The molecule has 0 saturated heterocycles. The standard InChI is InChI=1S/C11H15N3O2S/c15-10(16)9(14-8-2-3-8)4-7-17-11-12-5-1-6-13-11/h1,5-6,8-9,14H,2-4,7H2,(H,15,16). The van der Waals surface area contributed by atoms with Gasteiger partial charge in [-0.05, 0) is 25.3 Å². The second-order valence-electron chi connectivity index (χ2n) is 4.00. The first-order chi connectivity index (χ1) is 8.25. The Morgan fingerprint density at radius 3 is 2.82 bits per heavy atom. The van der Waals surface area contributed by atoms with Gasteiger partial charge in [-0.25, -0.2) is 9.97 Å². The summed E-state index contributed by atoms with van der Waals surface area (Å²) in [6.45, 7) is 0. The summed E-state index contributed by atoms with van der Waals surface area (Å²) in [6, 6.07) is 1.73. The van der Waals surface area contributed by atoms with Crippen molar-refractivity contribution in [2.24, 2.45) is 0 Å². The van der Waals surface area contributed by atoms with Gasteiger partial charge in [0.15, 0.2) is 5.16 Å². The van der Waals surface area contributed by atoms with E-state index in [2.05, 4.69) is 15.3 Å². The van der Waals surface area contributed by atoms with Gasteiger partial charge in [-0.15, -0.1) is 0 Å². The Labute approximate surface area is 104 Å². The number of carboxylic acids is 1. The van der Waals surface area contributed by atoms with Crippen LogP contribution in [0.3, 0.4) is 0 Å². The van der Waals surface area contributed by atoms with Gasteiger partial charge in [-0.3, -0.25) is 4.79 Å². The highest BCUT2D eigenvalue weighted by Gasteiger charge is 2.27. The van der Waals surface area contributed by atoms with E-state index < -0.39 is 12.0 Å². The maximum atomic E-state index is 11.0. The molecule has 1 aliphatic carbocycles. The van der Waals surface area contributed by atoms with Crippen molar-refractivity contribution in [1.82, 2.24) is 15.3 Å². The third-order valence-electron chi connectivity index (χ3n) is 2.49. The highest BCUT2D eigenvalue weighted by Crippen LogP contribution is 2.21. The van der Waals surface area contributed by atoms with Crippen molar-refractivity contribution in [3.8, 4) is 0 Å². The van der Waals surface area contributed by atoms with Crippen LogP contribution in [0.4, 0.5) is 0 Å². The van der Waals surface area contributed by atoms with Gasteiger partial charge >= 0.3 is 5.97 Å². The molecule has 0 spiro atoms. The molecule has 6 heteroatoms. The number of aliphatic carboxylic acids is 1. The van der Waals surface area contributed by atoms with Crippen molar-refractivity contribution >= 4 is 17.7 Å². The number of hydrogen-bond donors (Lipinski definition) is 2. The van der Waals surface area contributed by atoms with Crippen molar-refractivity contribution in [2.45, 2.75) is 36.5 Å². The Morgan fingerprint density at radius 1 is 1.53 bits per heavy atom. The molecule has 1 fully saturated rings. The van der Waals surface area contributed by atoms with Crippen LogP contribution in [-0.2, 0) is 4.79 Å².